The highest BCUT2D eigenvalue weighted by atomic mass is 32.2. The Bertz CT molecular complexity index is 817. The minimum atomic E-state index is -0.479. The van der Waals surface area contributed by atoms with E-state index in [1.54, 1.807) is 18.8 Å². The lowest BCUT2D eigenvalue weighted by molar-refractivity contribution is -0.147. The molecule has 0 N–H and O–H groups in total. The van der Waals surface area contributed by atoms with Crippen LogP contribution < -0.4 is 9.80 Å². The highest BCUT2D eigenvalue weighted by Gasteiger charge is 2.13. The number of rotatable bonds is 6. The zero-order valence-corrected chi connectivity index (χ0v) is 14.9. The van der Waals surface area contributed by atoms with Crippen LogP contribution in [0, 0.1) is 0 Å². The molecular formula is C17H16N2O3S2. The van der Waals surface area contributed by atoms with Crippen molar-refractivity contribution in [1.82, 2.24) is 4.98 Å². The molecular weight excluding hydrogens is 344 g/mol. The molecule has 7 heteroatoms. The number of para-hydroxylation sites is 2. The van der Waals surface area contributed by atoms with Crippen LogP contribution in [0.15, 0.2) is 53.4 Å². The number of benzene rings is 2. The number of thiazole rings is 1. The Morgan fingerprint density at radius 1 is 1.21 bits per heavy atom. The number of ether oxygens (including phenoxy) is 1. The third-order valence-corrected chi connectivity index (χ3v) is 4.98. The van der Waals surface area contributed by atoms with Gasteiger partial charge in [0.1, 0.15) is 0 Å². The molecule has 0 bridgehead atoms. The first kappa shape index (κ1) is 16.6. The predicted molar refractivity (Wildman–Crippen MR) is 97.8 cm³/mol. The fourth-order valence-corrected chi connectivity index (χ4v) is 3.59. The molecule has 0 spiro atoms. The van der Waals surface area contributed by atoms with Gasteiger partial charge in [-0.3, -0.25) is 0 Å². The summed E-state index contributed by atoms with van der Waals surface area (Å²) in [6.45, 7) is -0.189. The molecule has 0 aliphatic carbocycles. The van der Waals surface area contributed by atoms with Crippen LogP contribution in [0.25, 0.3) is 10.2 Å². The molecule has 24 heavy (non-hydrogen) atoms. The van der Waals surface area contributed by atoms with Crippen LogP contribution in [-0.4, -0.2) is 30.9 Å². The third kappa shape index (κ3) is 3.80. The van der Waals surface area contributed by atoms with E-state index >= 15 is 0 Å². The Morgan fingerprint density at radius 3 is 2.75 bits per heavy atom. The average molecular weight is 360 g/mol. The van der Waals surface area contributed by atoms with E-state index in [9.17, 15) is 4.79 Å². The zero-order valence-electron chi connectivity index (χ0n) is 13.3. The molecule has 1 heterocycles. The Kier molecular flexibility index (Phi) is 5.22. The Labute approximate surface area is 148 Å². The number of anilines is 1. The number of fused-ring (bicyclic) bond motifs is 1. The number of carbonyl (C=O) groups is 1. The predicted octanol–water partition coefficient (Wildman–Crippen LogP) is 3.99. The smallest absolute Gasteiger partial charge is 0.369 e. The van der Waals surface area contributed by atoms with Crippen molar-refractivity contribution < 1.29 is 14.4 Å². The van der Waals surface area contributed by atoms with Gasteiger partial charge in [-0.15, -0.1) is 11.8 Å². The fraction of sp³-hybridized carbons (Fsp3) is 0.176. The van der Waals surface area contributed by atoms with Crippen LogP contribution in [-0.2, 0) is 9.63 Å². The molecule has 0 aliphatic heterocycles. The molecule has 0 saturated carbocycles. The molecule has 1 aromatic heterocycles. The summed E-state index contributed by atoms with van der Waals surface area (Å²) in [5, 5.41) is 1.91. The lowest BCUT2D eigenvalue weighted by atomic mass is 10.3. The minimum absolute atomic E-state index is 0.189. The third-order valence-electron chi connectivity index (χ3n) is 3.25. The van der Waals surface area contributed by atoms with Crippen LogP contribution in [0.3, 0.4) is 0 Å². The van der Waals surface area contributed by atoms with Gasteiger partial charge in [-0.25, -0.2) is 14.8 Å². The van der Waals surface area contributed by atoms with E-state index in [1.165, 1.54) is 16.4 Å². The van der Waals surface area contributed by atoms with E-state index in [1.807, 2.05) is 54.8 Å². The van der Waals surface area contributed by atoms with Crippen LogP contribution in [0.4, 0.5) is 5.69 Å². The van der Waals surface area contributed by atoms with Gasteiger partial charge in [-0.05, 0) is 30.5 Å². The molecule has 0 radical (unpaired) electrons. The molecule has 3 rings (SSSR count). The van der Waals surface area contributed by atoms with Crippen molar-refractivity contribution in [3.63, 3.8) is 0 Å². The van der Waals surface area contributed by atoms with Gasteiger partial charge < -0.3 is 9.57 Å². The number of thioether (sulfide) groups is 1. The van der Waals surface area contributed by atoms with Crippen LogP contribution in [0.1, 0.15) is 0 Å². The van der Waals surface area contributed by atoms with Crippen molar-refractivity contribution >= 4 is 45.0 Å². The number of hydroxylamine groups is 1. The molecule has 0 fully saturated rings. The highest BCUT2D eigenvalue weighted by molar-refractivity contribution is 7.98. The summed E-state index contributed by atoms with van der Waals surface area (Å²) >= 11 is 2.99. The second-order valence-corrected chi connectivity index (χ2v) is 6.71. The maximum Gasteiger partial charge on any atom is 0.369 e. The molecule has 0 atom stereocenters. The summed E-state index contributed by atoms with van der Waals surface area (Å²) in [5.74, 6) is -0.479. The molecule has 0 saturated heterocycles. The van der Waals surface area contributed by atoms with Gasteiger partial charge in [0.25, 0.3) is 5.19 Å². The number of hydrogen-bond acceptors (Lipinski definition) is 7. The van der Waals surface area contributed by atoms with Crippen molar-refractivity contribution in [1.29, 1.82) is 0 Å². The zero-order chi connectivity index (χ0) is 16.9. The van der Waals surface area contributed by atoms with Crippen LogP contribution in [0.2, 0.25) is 0 Å². The van der Waals surface area contributed by atoms with Crippen LogP contribution in [0.5, 0.6) is 5.19 Å². The first-order valence-corrected chi connectivity index (χ1v) is 9.27. The van der Waals surface area contributed by atoms with E-state index in [0.29, 0.717) is 5.19 Å². The quantitative estimate of drug-likeness (QED) is 0.489. The molecule has 0 unspecified atom stereocenters. The summed E-state index contributed by atoms with van der Waals surface area (Å²) < 4.78 is 6.47. The van der Waals surface area contributed by atoms with Gasteiger partial charge in [0, 0.05) is 11.9 Å². The second kappa shape index (κ2) is 7.55. The van der Waals surface area contributed by atoms with Gasteiger partial charge in [0.05, 0.1) is 15.9 Å². The lowest BCUT2D eigenvalue weighted by Crippen LogP contribution is -2.26. The minimum Gasteiger partial charge on any atom is -0.458 e. The van der Waals surface area contributed by atoms with E-state index < -0.39 is 5.97 Å². The van der Waals surface area contributed by atoms with Gasteiger partial charge in [0.15, 0.2) is 6.61 Å². The number of nitrogens with zero attached hydrogens (tertiary/aromatic N) is 2. The number of hydrogen-bond donors (Lipinski definition) is 0. The largest absolute Gasteiger partial charge is 0.458 e. The molecule has 5 nitrogen and oxygen atoms in total. The van der Waals surface area contributed by atoms with E-state index in [-0.39, 0.29) is 6.61 Å². The SMILES string of the molecule is CSc1ccccc1N(C)OC(=O)COc1nc2ccccc2s1. The lowest BCUT2D eigenvalue weighted by Gasteiger charge is -2.20. The first-order chi connectivity index (χ1) is 11.7. The highest BCUT2D eigenvalue weighted by Crippen LogP contribution is 2.28. The van der Waals surface area contributed by atoms with Gasteiger partial charge in [-0.1, -0.05) is 35.6 Å². The molecule has 3 aromatic rings. The summed E-state index contributed by atoms with van der Waals surface area (Å²) in [4.78, 5) is 22.7. The van der Waals surface area contributed by atoms with Crippen molar-refractivity contribution in [2.45, 2.75) is 4.90 Å². The Balaban J connectivity index is 1.59. The number of aromatic nitrogens is 1. The van der Waals surface area contributed by atoms with Crippen molar-refractivity contribution in [3.05, 3.63) is 48.5 Å². The molecule has 0 amide bonds. The molecule has 124 valence electrons. The van der Waals surface area contributed by atoms with Crippen LogP contribution >= 0.6 is 23.1 Å². The van der Waals surface area contributed by atoms with Gasteiger partial charge in [-0.2, -0.15) is 0 Å². The van der Waals surface area contributed by atoms with Crippen molar-refractivity contribution in [3.8, 4) is 5.19 Å². The van der Waals surface area contributed by atoms with E-state index in [2.05, 4.69) is 4.98 Å². The molecule has 2 aromatic carbocycles. The van der Waals surface area contributed by atoms with Gasteiger partial charge >= 0.3 is 5.97 Å². The topological polar surface area (TPSA) is 51.7 Å². The fourth-order valence-electron chi connectivity index (χ4n) is 2.15. The summed E-state index contributed by atoms with van der Waals surface area (Å²) in [7, 11) is 1.70. The van der Waals surface area contributed by atoms with E-state index in [4.69, 9.17) is 9.57 Å². The van der Waals surface area contributed by atoms with E-state index in [0.717, 1.165) is 20.8 Å². The first-order valence-electron chi connectivity index (χ1n) is 7.23. The monoisotopic (exact) mass is 360 g/mol. The summed E-state index contributed by atoms with van der Waals surface area (Å²) in [5.41, 5.74) is 1.69. The van der Waals surface area contributed by atoms with Gasteiger partial charge in [0.2, 0.25) is 0 Å². The average Bonchev–Trinajstić information content (AvgIpc) is 3.03. The second-order valence-electron chi connectivity index (χ2n) is 4.87. The number of carbonyl (C=O) groups excluding carboxylic acids is 1. The Morgan fingerprint density at radius 2 is 1.96 bits per heavy atom. The maximum absolute atomic E-state index is 12.0. The normalized spacial score (nSPS) is 10.6. The standard InChI is InChI=1S/C17H16N2O3S2/c1-19(13-8-4-6-10-15(13)23-2)22-16(20)11-21-17-18-12-7-3-5-9-14(12)24-17/h3-10H,11H2,1-2H3. The summed E-state index contributed by atoms with van der Waals surface area (Å²) in [6, 6.07) is 15.4. The Hall–Kier alpha value is -2.25. The maximum atomic E-state index is 12.0. The molecule has 0 aliphatic rings. The van der Waals surface area contributed by atoms with Crippen molar-refractivity contribution in [2.24, 2.45) is 0 Å². The van der Waals surface area contributed by atoms with Crippen molar-refractivity contribution in [2.75, 3.05) is 25.0 Å². The summed E-state index contributed by atoms with van der Waals surface area (Å²) in [6.07, 6.45) is 1.98.